The van der Waals surface area contributed by atoms with Crippen LogP contribution in [0.25, 0.3) is 5.70 Å². The molecule has 2 aromatic rings. The number of anilines is 1. The first-order valence-electron chi connectivity index (χ1n) is 6.50. The molecule has 0 unspecified atom stereocenters. The minimum atomic E-state index is 0.307. The normalized spacial score (nSPS) is 11.7. The van der Waals surface area contributed by atoms with Crippen LogP contribution in [0.2, 0.25) is 5.02 Å². The van der Waals surface area contributed by atoms with E-state index in [1.165, 1.54) is 11.3 Å². The van der Waals surface area contributed by atoms with E-state index >= 15 is 0 Å². The Bertz CT molecular complexity index is 676. The maximum Gasteiger partial charge on any atom is 0.183 e. The number of hydrogen-bond donors (Lipinski definition) is 3. The van der Waals surface area contributed by atoms with Crippen LogP contribution in [-0.2, 0) is 0 Å². The van der Waals surface area contributed by atoms with Crippen molar-refractivity contribution in [3.63, 3.8) is 0 Å². The lowest BCUT2D eigenvalue weighted by Gasteiger charge is -2.05. The number of nitrogens with two attached hydrogens (primary N) is 1. The van der Waals surface area contributed by atoms with Gasteiger partial charge in [-0.1, -0.05) is 41.1 Å². The van der Waals surface area contributed by atoms with Gasteiger partial charge in [0.15, 0.2) is 5.13 Å². The third-order valence-corrected chi connectivity index (χ3v) is 3.96. The Balaban J connectivity index is 2.19. The largest absolute Gasteiger partial charge is 0.398 e. The summed E-state index contributed by atoms with van der Waals surface area (Å²) in [7, 11) is 0. The first kappa shape index (κ1) is 15.5. The van der Waals surface area contributed by atoms with Crippen LogP contribution in [-0.4, -0.2) is 16.7 Å². The average Bonchev–Trinajstić information content (AvgIpc) is 2.86. The molecule has 0 atom stereocenters. The molecule has 0 bridgehead atoms. The van der Waals surface area contributed by atoms with Gasteiger partial charge in [-0.2, -0.15) is 0 Å². The molecule has 0 amide bonds. The van der Waals surface area contributed by atoms with Gasteiger partial charge in [0.2, 0.25) is 0 Å². The van der Waals surface area contributed by atoms with Crippen molar-refractivity contribution in [2.75, 3.05) is 5.32 Å². The minimum absolute atomic E-state index is 0.307. The number of nitrogens with one attached hydrogen (secondary N) is 2. The van der Waals surface area contributed by atoms with E-state index in [0.717, 1.165) is 15.6 Å². The number of benzene rings is 1. The Morgan fingerprint density at radius 1 is 1.43 bits per heavy atom. The molecule has 0 saturated carbocycles. The van der Waals surface area contributed by atoms with E-state index < -0.39 is 0 Å². The van der Waals surface area contributed by atoms with Crippen molar-refractivity contribution in [1.82, 2.24) is 4.98 Å². The zero-order valence-electron chi connectivity index (χ0n) is 11.9. The summed E-state index contributed by atoms with van der Waals surface area (Å²) in [5.74, 6) is 0. The van der Waals surface area contributed by atoms with Crippen molar-refractivity contribution in [2.45, 2.75) is 19.9 Å². The van der Waals surface area contributed by atoms with E-state index in [-0.39, 0.29) is 0 Å². The summed E-state index contributed by atoms with van der Waals surface area (Å²) in [5, 5.41) is 12.7. The second-order valence-corrected chi connectivity index (χ2v) is 6.26. The topological polar surface area (TPSA) is 74.8 Å². The monoisotopic (exact) mass is 320 g/mol. The molecule has 21 heavy (non-hydrogen) atoms. The number of allylic oxidation sites excluding steroid dienone is 1. The Morgan fingerprint density at radius 2 is 2.14 bits per heavy atom. The third kappa shape index (κ3) is 4.06. The zero-order valence-corrected chi connectivity index (χ0v) is 13.4. The van der Waals surface area contributed by atoms with Gasteiger partial charge in [-0.15, -0.1) is 0 Å². The van der Waals surface area contributed by atoms with Gasteiger partial charge >= 0.3 is 0 Å². The summed E-state index contributed by atoms with van der Waals surface area (Å²) in [5.41, 5.74) is 7.55. The Hall–Kier alpha value is -1.85. The zero-order chi connectivity index (χ0) is 15.4. The lowest BCUT2D eigenvalue weighted by Crippen LogP contribution is -2.08. The van der Waals surface area contributed by atoms with E-state index in [1.807, 2.05) is 32.0 Å². The third-order valence-electron chi connectivity index (χ3n) is 2.67. The van der Waals surface area contributed by atoms with Crippen LogP contribution in [0.15, 0.2) is 36.5 Å². The molecule has 6 heteroatoms. The molecule has 0 aliphatic rings. The van der Waals surface area contributed by atoms with E-state index in [0.29, 0.717) is 22.5 Å². The minimum Gasteiger partial charge on any atom is -0.398 e. The van der Waals surface area contributed by atoms with Gasteiger partial charge in [-0.3, -0.25) is 5.41 Å². The Kier molecular flexibility index (Phi) is 4.98. The molecule has 0 aliphatic heterocycles. The van der Waals surface area contributed by atoms with Crippen LogP contribution in [0.3, 0.4) is 0 Å². The molecule has 0 saturated heterocycles. The fourth-order valence-electron chi connectivity index (χ4n) is 1.71. The van der Waals surface area contributed by atoms with Crippen molar-refractivity contribution in [1.29, 1.82) is 5.41 Å². The number of nitrogens with zero attached hydrogens (tertiary/aromatic N) is 1. The molecule has 1 aromatic carbocycles. The first-order valence-corrected chi connectivity index (χ1v) is 7.70. The van der Waals surface area contributed by atoms with E-state index in [4.69, 9.17) is 22.7 Å². The Morgan fingerprint density at radius 3 is 2.81 bits per heavy atom. The maximum absolute atomic E-state index is 8.12. The van der Waals surface area contributed by atoms with Crippen LogP contribution in [0.1, 0.15) is 24.3 Å². The quantitative estimate of drug-likeness (QED) is 0.729. The van der Waals surface area contributed by atoms with E-state index in [9.17, 15) is 0 Å². The number of hydrogen-bond acceptors (Lipinski definition) is 5. The fourth-order valence-corrected chi connectivity index (χ4v) is 2.84. The Labute approximate surface area is 133 Å². The van der Waals surface area contributed by atoms with Crippen LogP contribution < -0.4 is 11.1 Å². The van der Waals surface area contributed by atoms with Crippen molar-refractivity contribution >= 4 is 39.5 Å². The van der Waals surface area contributed by atoms with Crippen LogP contribution >= 0.6 is 22.9 Å². The molecule has 4 N–H and O–H groups in total. The number of aromatic nitrogens is 1. The predicted octanol–water partition coefficient (Wildman–Crippen LogP) is 3.98. The second kappa shape index (κ2) is 6.74. The SMILES string of the molecule is CC(C)Nc1ncc(C(=N)/C=C(\N)c2ccccc2Cl)s1. The van der Waals surface area contributed by atoms with Crippen LogP contribution in [0.4, 0.5) is 5.13 Å². The highest BCUT2D eigenvalue weighted by Crippen LogP contribution is 2.23. The summed E-state index contributed by atoms with van der Waals surface area (Å²) >= 11 is 7.53. The highest BCUT2D eigenvalue weighted by atomic mass is 35.5. The molecule has 110 valence electrons. The molecular formula is C15H17ClN4S. The number of rotatable bonds is 5. The number of thiazole rings is 1. The molecule has 2 rings (SSSR count). The second-order valence-electron chi connectivity index (χ2n) is 4.82. The van der Waals surface area contributed by atoms with Crippen molar-refractivity contribution in [2.24, 2.45) is 5.73 Å². The van der Waals surface area contributed by atoms with Crippen molar-refractivity contribution < 1.29 is 0 Å². The molecule has 1 aromatic heterocycles. The van der Waals surface area contributed by atoms with E-state index in [2.05, 4.69) is 10.3 Å². The molecule has 0 spiro atoms. The van der Waals surface area contributed by atoms with Gasteiger partial charge < -0.3 is 11.1 Å². The smallest absolute Gasteiger partial charge is 0.183 e. The maximum atomic E-state index is 8.12. The fraction of sp³-hybridized carbons (Fsp3) is 0.200. The highest BCUT2D eigenvalue weighted by Gasteiger charge is 2.08. The van der Waals surface area contributed by atoms with Crippen LogP contribution in [0, 0.1) is 5.41 Å². The van der Waals surface area contributed by atoms with E-state index in [1.54, 1.807) is 18.3 Å². The van der Waals surface area contributed by atoms with Gasteiger partial charge in [0.1, 0.15) is 0 Å². The van der Waals surface area contributed by atoms with Crippen molar-refractivity contribution in [3.8, 4) is 0 Å². The molecule has 4 nitrogen and oxygen atoms in total. The molecule has 0 fully saturated rings. The highest BCUT2D eigenvalue weighted by molar-refractivity contribution is 7.17. The summed E-state index contributed by atoms with van der Waals surface area (Å²) < 4.78 is 0. The molecule has 0 aliphatic carbocycles. The number of halogens is 1. The first-order chi connectivity index (χ1) is 9.97. The average molecular weight is 321 g/mol. The lowest BCUT2D eigenvalue weighted by molar-refractivity contribution is 0.896. The summed E-state index contributed by atoms with van der Waals surface area (Å²) in [4.78, 5) is 5.00. The van der Waals surface area contributed by atoms with Gasteiger partial charge in [0.25, 0.3) is 0 Å². The standard InChI is InChI=1S/C15H17ClN4S/c1-9(2)20-15-19-8-14(21-15)13(18)7-12(17)10-5-3-4-6-11(10)16/h3-9,18H,17H2,1-2H3,(H,19,20)/b12-7-,18-13?. The van der Waals surface area contributed by atoms with Crippen molar-refractivity contribution in [3.05, 3.63) is 52.0 Å². The van der Waals surface area contributed by atoms with Gasteiger partial charge in [0.05, 0.1) is 10.6 Å². The molecule has 0 radical (unpaired) electrons. The van der Waals surface area contributed by atoms with Gasteiger partial charge in [0, 0.05) is 28.5 Å². The summed E-state index contributed by atoms with van der Waals surface area (Å²) in [6.45, 7) is 4.09. The van der Waals surface area contributed by atoms with Gasteiger partial charge in [-0.05, 0) is 26.0 Å². The molecular weight excluding hydrogens is 304 g/mol. The summed E-state index contributed by atoms with van der Waals surface area (Å²) in [6, 6.07) is 7.63. The predicted molar refractivity (Wildman–Crippen MR) is 91.3 cm³/mol. The van der Waals surface area contributed by atoms with Crippen LogP contribution in [0.5, 0.6) is 0 Å². The summed E-state index contributed by atoms with van der Waals surface area (Å²) in [6.07, 6.45) is 3.28. The van der Waals surface area contributed by atoms with Gasteiger partial charge in [-0.25, -0.2) is 4.98 Å². The molecule has 1 heterocycles. The lowest BCUT2D eigenvalue weighted by atomic mass is 10.1.